The minimum atomic E-state index is -4.97. The Bertz CT molecular complexity index is 2090. The topological polar surface area (TPSA) is 237 Å². The van der Waals surface area contributed by atoms with Crippen LogP contribution in [0.2, 0.25) is 0 Å². The van der Waals surface area contributed by atoms with E-state index in [1.54, 1.807) is 0 Å². The van der Waals surface area contributed by atoms with Gasteiger partial charge in [0.05, 0.1) is 26.4 Å². The van der Waals surface area contributed by atoms with Crippen LogP contribution in [0, 0.1) is 0 Å². The maximum atomic E-state index is 13.0. The Kier molecular flexibility index (Phi) is 63.2. The molecule has 0 fully saturated rings. The van der Waals surface area contributed by atoms with E-state index in [1.165, 1.54) is 38.5 Å². The summed E-state index contributed by atoms with van der Waals surface area (Å²) in [6, 6.07) is 0. The second kappa shape index (κ2) is 65.9. The van der Waals surface area contributed by atoms with E-state index in [1.807, 2.05) is 0 Å². The molecule has 0 bridgehead atoms. The van der Waals surface area contributed by atoms with Crippen LogP contribution in [-0.2, 0) is 65.4 Å². The Hall–Kier alpha value is -3.76. The summed E-state index contributed by atoms with van der Waals surface area (Å²) >= 11 is 0. The summed E-state index contributed by atoms with van der Waals surface area (Å²) in [7, 11) is -9.94. The van der Waals surface area contributed by atoms with Gasteiger partial charge in [0.15, 0.2) is 12.2 Å². The normalized spacial score (nSPS) is 14.6. The maximum Gasteiger partial charge on any atom is 0.472 e. The third-order valence-electron chi connectivity index (χ3n) is 14.8. The van der Waals surface area contributed by atoms with Gasteiger partial charge in [-0.05, 0) is 128 Å². The van der Waals surface area contributed by atoms with Gasteiger partial charge in [0.2, 0.25) is 0 Å². The second-order valence-electron chi connectivity index (χ2n) is 23.8. The molecule has 0 amide bonds. The lowest BCUT2D eigenvalue weighted by atomic mass is 10.1. The van der Waals surface area contributed by atoms with Crippen molar-refractivity contribution < 1.29 is 80.2 Å². The van der Waals surface area contributed by atoms with Crippen molar-refractivity contribution in [3.05, 3.63) is 85.1 Å². The van der Waals surface area contributed by atoms with E-state index in [9.17, 15) is 43.2 Å². The largest absolute Gasteiger partial charge is 0.472 e. The van der Waals surface area contributed by atoms with Gasteiger partial charge in [0.1, 0.15) is 19.3 Å². The fourth-order valence-electron chi connectivity index (χ4n) is 9.31. The van der Waals surface area contributed by atoms with E-state index < -0.39 is 97.5 Å². The number of phosphoric ester groups is 2. The van der Waals surface area contributed by atoms with E-state index in [-0.39, 0.29) is 25.7 Å². The smallest absolute Gasteiger partial charge is 0.462 e. The summed E-state index contributed by atoms with van der Waals surface area (Å²) in [5.41, 5.74) is 0. The fraction of sp³-hybridized carbons (Fsp3) is 0.753. The second-order valence-corrected chi connectivity index (χ2v) is 26.7. The molecule has 0 rings (SSSR count). The number of hydrogen-bond donors (Lipinski definition) is 3. The summed E-state index contributed by atoms with van der Waals surface area (Å²) in [6.07, 6.45) is 64.5. The van der Waals surface area contributed by atoms with Crippen LogP contribution in [0.25, 0.3) is 0 Å². The molecule has 0 aromatic heterocycles. The Morgan fingerprint density at radius 2 is 0.598 bits per heavy atom. The summed E-state index contributed by atoms with van der Waals surface area (Å²) in [5, 5.41) is 10.6. The standard InChI is InChI=1S/C73H128O17P2/c1-5-9-13-17-21-25-29-32-33-36-39-42-46-50-54-58-71(76)84-64-69(90-73(78)60-56-52-48-44-40-35-31-27-23-19-15-11-7-3)66-88-92(81,82)86-62-67(74)61-85-91(79,80)87-65-68(89-72(77)59-55-51-47-43-37-28-24-20-16-12-8-4)63-83-70(75)57-53-49-45-41-38-34-30-26-22-18-14-10-6-2/h9,13-14,18,20-21,24-27,30-33,67-69,74H,5-8,10-12,15-17,19,22-23,28-29,34-66H2,1-4H3,(H,79,80)(H,81,82)/b13-9-,18-14-,24-20-,25-21-,30-26-,31-27-,33-32-. The predicted octanol–water partition coefficient (Wildman–Crippen LogP) is 19.9. The van der Waals surface area contributed by atoms with Crippen molar-refractivity contribution in [2.24, 2.45) is 0 Å². The van der Waals surface area contributed by atoms with E-state index in [0.29, 0.717) is 25.7 Å². The Morgan fingerprint density at radius 1 is 0.315 bits per heavy atom. The molecule has 5 atom stereocenters. The number of ether oxygens (including phenoxy) is 4. The molecular formula is C73H128O17P2. The number of allylic oxidation sites excluding steroid dienone is 14. The molecule has 5 unspecified atom stereocenters. The molecule has 532 valence electrons. The van der Waals surface area contributed by atoms with Crippen molar-refractivity contribution in [3.8, 4) is 0 Å². The summed E-state index contributed by atoms with van der Waals surface area (Å²) in [5.74, 6) is -2.22. The Balaban J connectivity index is 5.34. The van der Waals surface area contributed by atoms with Gasteiger partial charge < -0.3 is 33.8 Å². The molecule has 0 heterocycles. The van der Waals surface area contributed by atoms with Gasteiger partial charge in [-0.2, -0.15) is 0 Å². The number of carbonyl (C=O) groups excluding carboxylic acids is 4. The van der Waals surface area contributed by atoms with Crippen LogP contribution in [0.4, 0.5) is 0 Å². The molecule has 3 N–H and O–H groups in total. The number of rotatable bonds is 67. The average molecular weight is 1340 g/mol. The number of unbranched alkanes of at least 4 members (excludes halogenated alkanes) is 27. The lowest BCUT2D eigenvalue weighted by Gasteiger charge is -2.21. The van der Waals surface area contributed by atoms with Crippen molar-refractivity contribution in [1.29, 1.82) is 0 Å². The van der Waals surface area contributed by atoms with Crippen molar-refractivity contribution in [3.63, 3.8) is 0 Å². The lowest BCUT2D eigenvalue weighted by Crippen LogP contribution is -2.30. The first-order valence-corrected chi connectivity index (χ1v) is 38.8. The maximum absolute atomic E-state index is 13.0. The Labute approximate surface area is 557 Å². The molecule has 0 aliphatic heterocycles. The number of aliphatic hydroxyl groups excluding tert-OH is 1. The molecule has 0 saturated carbocycles. The van der Waals surface area contributed by atoms with Crippen molar-refractivity contribution in [2.45, 2.75) is 316 Å². The van der Waals surface area contributed by atoms with E-state index in [0.717, 1.165) is 180 Å². The van der Waals surface area contributed by atoms with Crippen LogP contribution in [0.5, 0.6) is 0 Å². The molecule has 0 saturated heterocycles. The highest BCUT2D eigenvalue weighted by atomic mass is 31.2. The molecule has 0 radical (unpaired) electrons. The first-order chi connectivity index (χ1) is 44.7. The van der Waals surface area contributed by atoms with Crippen molar-refractivity contribution in [1.82, 2.24) is 0 Å². The molecule has 92 heavy (non-hydrogen) atoms. The van der Waals surface area contributed by atoms with Crippen molar-refractivity contribution in [2.75, 3.05) is 39.6 Å². The highest BCUT2D eigenvalue weighted by Gasteiger charge is 2.30. The van der Waals surface area contributed by atoms with Crippen LogP contribution in [0.15, 0.2) is 85.1 Å². The zero-order valence-corrected chi connectivity index (χ0v) is 59.5. The zero-order chi connectivity index (χ0) is 67.5. The van der Waals surface area contributed by atoms with Gasteiger partial charge in [-0.1, -0.05) is 228 Å². The lowest BCUT2D eigenvalue weighted by molar-refractivity contribution is -0.161. The monoisotopic (exact) mass is 1340 g/mol. The van der Waals surface area contributed by atoms with Gasteiger partial charge in [0.25, 0.3) is 0 Å². The molecule has 19 heteroatoms. The molecule has 0 aliphatic rings. The first kappa shape index (κ1) is 88.2. The van der Waals surface area contributed by atoms with Gasteiger partial charge in [-0.25, -0.2) is 9.13 Å². The van der Waals surface area contributed by atoms with Gasteiger partial charge in [0, 0.05) is 25.7 Å². The summed E-state index contributed by atoms with van der Waals surface area (Å²) < 4.78 is 68.2. The van der Waals surface area contributed by atoms with Gasteiger partial charge in [-0.15, -0.1) is 0 Å². The fourth-order valence-corrected chi connectivity index (χ4v) is 10.9. The summed E-state index contributed by atoms with van der Waals surface area (Å²) in [4.78, 5) is 72.6. The van der Waals surface area contributed by atoms with Gasteiger partial charge >= 0.3 is 39.5 Å². The molecular weight excluding hydrogens is 1210 g/mol. The minimum Gasteiger partial charge on any atom is -0.462 e. The van der Waals surface area contributed by atoms with E-state index >= 15 is 0 Å². The number of esters is 4. The molecule has 0 aromatic carbocycles. The molecule has 17 nitrogen and oxygen atoms in total. The average Bonchev–Trinajstić information content (AvgIpc) is 2.73. The Morgan fingerprint density at radius 3 is 0.957 bits per heavy atom. The van der Waals surface area contributed by atoms with Crippen LogP contribution in [0.1, 0.15) is 297 Å². The molecule has 0 aromatic rings. The third kappa shape index (κ3) is 64.9. The zero-order valence-electron chi connectivity index (χ0n) is 57.7. The third-order valence-corrected chi connectivity index (χ3v) is 16.7. The van der Waals surface area contributed by atoms with Crippen LogP contribution >= 0.6 is 15.6 Å². The van der Waals surface area contributed by atoms with Crippen molar-refractivity contribution >= 4 is 39.5 Å². The molecule has 0 spiro atoms. The highest BCUT2D eigenvalue weighted by molar-refractivity contribution is 7.47. The predicted molar refractivity (Wildman–Crippen MR) is 372 cm³/mol. The first-order valence-electron chi connectivity index (χ1n) is 35.8. The van der Waals surface area contributed by atoms with Crippen LogP contribution in [0.3, 0.4) is 0 Å². The van der Waals surface area contributed by atoms with Crippen LogP contribution < -0.4 is 0 Å². The van der Waals surface area contributed by atoms with E-state index in [4.69, 9.17) is 37.0 Å². The minimum absolute atomic E-state index is 0.0816. The SMILES string of the molecule is CC/C=C\C/C=C\C/C=C\CCCCCCCC(=O)OCC(COP(=O)(O)OCC(O)COP(=O)(O)OCC(COC(=O)CCCCCCC/C=C\C/C=C\CCC)OC(=O)CCCCCCC/C=C\CCCC)OC(=O)CCCCCCC/C=C\CCCCCC. The molecule has 0 aliphatic carbocycles. The number of aliphatic hydroxyl groups is 1. The number of carbonyl (C=O) groups is 4. The number of hydrogen-bond acceptors (Lipinski definition) is 15. The summed E-state index contributed by atoms with van der Waals surface area (Å²) in [6.45, 7) is 4.58. The quantitative estimate of drug-likeness (QED) is 0.0169. The van der Waals surface area contributed by atoms with Gasteiger partial charge in [-0.3, -0.25) is 37.3 Å². The highest BCUT2D eigenvalue weighted by Crippen LogP contribution is 2.45. The van der Waals surface area contributed by atoms with Crippen LogP contribution in [-0.4, -0.2) is 96.7 Å². The van der Waals surface area contributed by atoms with E-state index in [2.05, 4.69) is 113 Å². The number of phosphoric acid groups is 2.